The molecule has 1 aromatic rings. The van der Waals surface area contributed by atoms with Gasteiger partial charge in [-0.3, -0.25) is 4.79 Å². The highest BCUT2D eigenvalue weighted by Crippen LogP contribution is 2.24. The highest BCUT2D eigenvalue weighted by atomic mass is 19.1. The van der Waals surface area contributed by atoms with Crippen molar-refractivity contribution < 1.29 is 9.18 Å². The third-order valence-corrected chi connectivity index (χ3v) is 4.38. The molecular formula is C17H26FN3O. The van der Waals surface area contributed by atoms with E-state index in [1.165, 1.54) is 6.07 Å². The highest BCUT2D eigenvalue weighted by molar-refractivity contribution is 5.72. The maximum atomic E-state index is 14.1. The van der Waals surface area contributed by atoms with Crippen LogP contribution in [0, 0.1) is 5.82 Å². The number of hydrogen-bond acceptors (Lipinski definition) is 3. The number of hydrogen-bond donors (Lipinski definition) is 1. The number of halogens is 1. The summed E-state index contributed by atoms with van der Waals surface area (Å²) in [6.45, 7) is 7.14. The molecule has 1 saturated heterocycles. The van der Waals surface area contributed by atoms with Crippen LogP contribution in [-0.2, 0) is 4.79 Å². The van der Waals surface area contributed by atoms with Crippen molar-refractivity contribution in [2.24, 2.45) is 0 Å². The summed E-state index contributed by atoms with van der Waals surface area (Å²) in [5.41, 5.74) is 0.714. The first-order chi connectivity index (χ1) is 10.6. The monoisotopic (exact) mass is 307 g/mol. The lowest BCUT2D eigenvalue weighted by atomic mass is 9.94. The molecule has 2 rings (SSSR count). The second-order valence-electron chi connectivity index (χ2n) is 6.00. The van der Waals surface area contributed by atoms with Crippen LogP contribution >= 0.6 is 0 Å². The Hall–Kier alpha value is -1.46. The van der Waals surface area contributed by atoms with Gasteiger partial charge in [0.25, 0.3) is 0 Å². The molecule has 122 valence electrons. The van der Waals surface area contributed by atoms with E-state index >= 15 is 0 Å². The first-order valence-corrected chi connectivity index (χ1v) is 7.97. The molecule has 0 saturated carbocycles. The molecule has 0 bridgehead atoms. The van der Waals surface area contributed by atoms with Crippen LogP contribution in [-0.4, -0.2) is 62.0 Å². The SMILES string of the molecule is CC(=O)N(C)CC(CCN1CCNCC1)c1ccccc1F. The van der Waals surface area contributed by atoms with E-state index in [4.69, 9.17) is 0 Å². The van der Waals surface area contributed by atoms with Crippen molar-refractivity contribution in [3.05, 3.63) is 35.6 Å². The third-order valence-electron chi connectivity index (χ3n) is 4.38. The van der Waals surface area contributed by atoms with E-state index in [0.717, 1.165) is 39.1 Å². The molecule has 0 aromatic heterocycles. The Morgan fingerprint density at radius 1 is 1.36 bits per heavy atom. The zero-order valence-electron chi connectivity index (χ0n) is 13.5. The molecule has 1 aliphatic heterocycles. The van der Waals surface area contributed by atoms with E-state index in [0.29, 0.717) is 12.1 Å². The molecule has 1 aliphatic rings. The maximum Gasteiger partial charge on any atom is 0.219 e. The molecular weight excluding hydrogens is 281 g/mol. The molecule has 4 nitrogen and oxygen atoms in total. The summed E-state index contributed by atoms with van der Waals surface area (Å²) in [5.74, 6) is -0.127. The lowest BCUT2D eigenvalue weighted by Crippen LogP contribution is -2.44. The van der Waals surface area contributed by atoms with Crippen LogP contribution in [0.2, 0.25) is 0 Å². The zero-order valence-corrected chi connectivity index (χ0v) is 13.5. The van der Waals surface area contributed by atoms with Gasteiger partial charge in [-0.05, 0) is 24.6 Å². The molecule has 1 aromatic carbocycles. The number of piperazine rings is 1. The van der Waals surface area contributed by atoms with Gasteiger partial charge in [-0.25, -0.2) is 4.39 Å². The fourth-order valence-corrected chi connectivity index (χ4v) is 2.88. The number of carbonyl (C=O) groups is 1. The topological polar surface area (TPSA) is 35.6 Å². The van der Waals surface area contributed by atoms with Gasteiger partial charge in [0.2, 0.25) is 5.91 Å². The molecule has 0 spiro atoms. The molecule has 1 N–H and O–H groups in total. The van der Waals surface area contributed by atoms with E-state index in [1.54, 1.807) is 24.9 Å². The van der Waals surface area contributed by atoms with Gasteiger partial charge < -0.3 is 15.1 Å². The predicted molar refractivity (Wildman–Crippen MR) is 86.4 cm³/mol. The Bertz CT molecular complexity index is 489. The Labute approximate surface area is 132 Å². The lowest BCUT2D eigenvalue weighted by molar-refractivity contribution is -0.127. The van der Waals surface area contributed by atoms with E-state index in [9.17, 15) is 9.18 Å². The number of nitrogens with one attached hydrogen (secondary N) is 1. The Morgan fingerprint density at radius 2 is 2.05 bits per heavy atom. The van der Waals surface area contributed by atoms with Gasteiger partial charge in [-0.2, -0.15) is 0 Å². The van der Waals surface area contributed by atoms with Crippen LogP contribution < -0.4 is 5.32 Å². The molecule has 1 amide bonds. The first kappa shape index (κ1) is 16.9. The Morgan fingerprint density at radius 3 is 2.68 bits per heavy atom. The minimum absolute atomic E-state index is 0.0171. The second kappa shape index (κ2) is 8.25. The average molecular weight is 307 g/mol. The standard InChI is InChI=1S/C17H26FN3O/c1-14(22)20(2)13-15(16-5-3-4-6-17(16)18)7-10-21-11-8-19-9-12-21/h3-6,15,19H,7-13H2,1-2H3. The molecule has 0 radical (unpaired) electrons. The Kier molecular flexibility index (Phi) is 6.34. The predicted octanol–water partition coefficient (Wildman–Crippen LogP) is 1.68. The van der Waals surface area contributed by atoms with Crippen molar-refractivity contribution in [2.45, 2.75) is 19.3 Å². The molecule has 1 heterocycles. The van der Waals surface area contributed by atoms with Crippen LogP contribution in [0.3, 0.4) is 0 Å². The van der Waals surface area contributed by atoms with Gasteiger partial charge in [0.1, 0.15) is 5.82 Å². The van der Waals surface area contributed by atoms with Gasteiger partial charge in [0.05, 0.1) is 0 Å². The molecule has 22 heavy (non-hydrogen) atoms. The smallest absolute Gasteiger partial charge is 0.219 e. The van der Waals surface area contributed by atoms with Crippen molar-refractivity contribution in [3.63, 3.8) is 0 Å². The average Bonchev–Trinajstić information content (AvgIpc) is 2.53. The summed E-state index contributed by atoms with van der Waals surface area (Å²) < 4.78 is 14.1. The molecule has 0 aliphatic carbocycles. The number of rotatable bonds is 6. The number of benzene rings is 1. The number of nitrogens with zero attached hydrogens (tertiary/aromatic N) is 2. The Balaban J connectivity index is 2.04. The molecule has 5 heteroatoms. The highest BCUT2D eigenvalue weighted by Gasteiger charge is 2.20. The van der Waals surface area contributed by atoms with Crippen LogP contribution in [0.4, 0.5) is 4.39 Å². The van der Waals surface area contributed by atoms with Crippen LogP contribution in [0.25, 0.3) is 0 Å². The van der Waals surface area contributed by atoms with Crippen LogP contribution in [0.5, 0.6) is 0 Å². The maximum absolute atomic E-state index is 14.1. The van der Waals surface area contributed by atoms with Crippen molar-refractivity contribution in [1.29, 1.82) is 0 Å². The second-order valence-corrected chi connectivity index (χ2v) is 6.00. The molecule has 1 fully saturated rings. The summed E-state index contributed by atoms with van der Waals surface area (Å²) in [6.07, 6.45) is 0.860. The summed E-state index contributed by atoms with van der Waals surface area (Å²) in [7, 11) is 1.78. The summed E-state index contributed by atoms with van der Waals surface area (Å²) in [5, 5.41) is 3.34. The van der Waals surface area contributed by atoms with Gasteiger partial charge in [-0.15, -0.1) is 0 Å². The van der Waals surface area contributed by atoms with Gasteiger partial charge in [-0.1, -0.05) is 18.2 Å². The summed E-state index contributed by atoms with van der Waals surface area (Å²) >= 11 is 0. The van der Waals surface area contributed by atoms with Crippen molar-refractivity contribution in [2.75, 3.05) is 46.3 Å². The molecule has 1 unspecified atom stereocenters. The van der Waals surface area contributed by atoms with Gasteiger partial charge in [0, 0.05) is 52.6 Å². The van der Waals surface area contributed by atoms with E-state index in [2.05, 4.69) is 10.2 Å². The number of amides is 1. The van der Waals surface area contributed by atoms with Crippen molar-refractivity contribution in [3.8, 4) is 0 Å². The van der Waals surface area contributed by atoms with Crippen molar-refractivity contribution in [1.82, 2.24) is 15.1 Å². The zero-order chi connectivity index (χ0) is 15.9. The summed E-state index contributed by atoms with van der Waals surface area (Å²) in [6, 6.07) is 6.91. The largest absolute Gasteiger partial charge is 0.345 e. The van der Waals surface area contributed by atoms with Gasteiger partial charge >= 0.3 is 0 Å². The first-order valence-electron chi connectivity index (χ1n) is 7.97. The molecule has 1 atom stereocenters. The van der Waals surface area contributed by atoms with E-state index in [-0.39, 0.29) is 17.6 Å². The van der Waals surface area contributed by atoms with Crippen LogP contribution in [0.15, 0.2) is 24.3 Å². The van der Waals surface area contributed by atoms with E-state index in [1.807, 2.05) is 12.1 Å². The quantitative estimate of drug-likeness (QED) is 0.868. The number of carbonyl (C=O) groups excluding carboxylic acids is 1. The minimum Gasteiger partial charge on any atom is -0.345 e. The fraction of sp³-hybridized carbons (Fsp3) is 0.588. The fourth-order valence-electron chi connectivity index (χ4n) is 2.88. The van der Waals surface area contributed by atoms with Gasteiger partial charge in [0.15, 0.2) is 0 Å². The van der Waals surface area contributed by atoms with Crippen LogP contribution in [0.1, 0.15) is 24.8 Å². The normalized spacial score (nSPS) is 17.2. The minimum atomic E-state index is -0.176. The summed E-state index contributed by atoms with van der Waals surface area (Å²) in [4.78, 5) is 15.6. The van der Waals surface area contributed by atoms with Crippen molar-refractivity contribution >= 4 is 5.91 Å². The van der Waals surface area contributed by atoms with E-state index < -0.39 is 0 Å². The third kappa shape index (κ3) is 4.78. The number of likely N-dealkylation sites (N-methyl/N-ethyl adjacent to an activating group) is 1. The lowest BCUT2D eigenvalue weighted by Gasteiger charge is -2.30.